The minimum atomic E-state index is 0. The number of likely N-dealkylation sites (tertiary alicyclic amines) is 1. The smallest absolute Gasteiger partial charge is 0.194 e. The highest BCUT2D eigenvalue weighted by Gasteiger charge is 2.24. The van der Waals surface area contributed by atoms with Crippen LogP contribution in [-0.2, 0) is 18.3 Å². The Morgan fingerprint density at radius 2 is 2.17 bits per heavy atom. The highest BCUT2D eigenvalue weighted by molar-refractivity contribution is 14.0. The molecule has 132 valence electrons. The number of aryl methyl sites for hydroxylation is 1. The summed E-state index contributed by atoms with van der Waals surface area (Å²) in [6.07, 6.45) is 1.16. The van der Waals surface area contributed by atoms with Gasteiger partial charge in [-0.25, -0.2) is 4.99 Å². The van der Waals surface area contributed by atoms with E-state index < -0.39 is 0 Å². The Morgan fingerprint density at radius 3 is 2.78 bits per heavy atom. The zero-order valence-electron chi connectivity index (χ0n) is 14.6. The molecule has 23 heavy (non-hydrogen) atoms. The molecule has 1 saturated heterocycles. The van der Waals surface area contributed by atoms with Crippen LogP contribution in [0.15, 0.2) is 4.99 Å². The number of nitrogens with zero attached hydrogens (tertiary/aromatic N) is 5. The number of aliphatic imine (C=N–C) groups is 1. The van der Waals surface area contributed by atoms with Crippen molar-refractivity contribution in [3.63, 3.8) is 0 Å². The monoisotopic (exact) mass is 436 g/mol. The lowest BCUT2D eigenvalue weighted by atomic mass is 10.1. The topological polar surface area (TPSA) is 67.6 Å². The maximum absolute atomic E-state index is 5.54. The lowest BCUT2D eigenvalue weighted by molar-refractivity contribution is 0.114. The molecule has 0 aliphatic carbocycles. The van der Waals surface area contributed by atoms with E-state index in [1.807, 2.05) is 25.5 Å². The summed E-state index contributed by atoms with van der Waals surface area (Å²) in [5, 5.41) is 11.6. The molecule has 1 atom stereocenters. The van der Waals surface area contributed by atoms with Crippen LogP contribution in [0.2, 0.25) is 0 Å². The normalized spacial score (nSPS) is 18.2. The number of hydrogen-bond acceptors (Lipinski definition) is 4. The van der Waals surface area contributed by atoms with Crippen molar-refractivity contribution in [2.24, 2.45) is 18.0 Å². The van der Waals surface area contributed by atoms with E-state index >= 15 is 0 Å². The molecule has 1 aromatic heterocycles. The summed E-state index contributed by atoms with van der Waals surface area (Å²) < 4.78 is 7.53. The average Bonchev–Trinajstić information content (AvgIpc) is 3.10. The van der Waals surface area contributed by atoms with Crippen molar-refractivity contribution >= 4 is 29.9 Å². The van der Waals surface area contributed by atoms with Gasteiger partial charge in [0, 0.05) is 39.2 Å². The van der Waals surface area contributed by atoms with Gasteiger partial charge in [-0.2, -0.15) is 0 Å². The first-order valence-electron chi connectivity index (χ1n) is 8.11. The maximum Gasteiger partial charge on any atom is 0.194 e. The molecule has 1 fully saturated rings. The number of guanidine groups is 1. The van der Waals surface area contributed by atoms with Crippen LogP contribution in [-0.4, -0.2) is 58.5 Å². The fraction of sp³-hybridized carbons (Fsp3) is 0.800. The molecular weight excluding hydrogens is 407 g/mol. The second kappa shape index (κ2) is 10.1. The fourth-order valence-electron chi connectivity index (χ4n) is 2.61. The SMILES string of the molecule is CCNC(=NCc1nnc(C)n1C)N1CCC(COCC)C1.I. The number of aromatic nitrogens is 3. The van der Waals surface area contributed by atoms with E-state index in [1.54, 1.807) is 0 Å². The Kier molecular flexibility index (Phi) is 8.82. The summed E-state index contributed by atoms with van der Waals surface area (Å²) >= 11 is 0. The number of nitrogens with one attached hydrogen (secondary N) is 1. The lowest BCUT2D eigenvalue weighted by Gasteiger charge is -2.21. The highest BCUT2D eigenvalue weighted by Crippen LogP contribution is 2.16. The van der Waals surface area contributed by atoms with Gasteiger partial charge in [-0.05, 0) is 27.2 Å². The molecule has 2 rings (SSSR count). The minimum Gasteiger partial charge on any atom is -0.381 e. The van der Waals surface area contributed by atoms with E-state index in [-0.39, 0.29) is 24.0 Å². The van der Waals surface area contributed by atoms with E-state index in [0.717, 1.165) is 56.9 Å². The molecule has 1 aliphatic rings. The molecule has 2 heterocycles. The predicted molar refractivity (Wildman–Crippen MR) is 102 cm³/mol. The van der Waals surface area contributed by atoms with E-state index in [9.17, 15) is 0 Å². The van der Waals surface area contributed by atoms with Crippen molar-refractivity contribution in [2.75, 3.05) is 32.8 Å². The van der Waals surface area contributed by atoms with Gasteiger partial charge < -0.3 is 19.5 Å². The predicted octanol–water partition coefficient (Wildman–Crippen LogP) is 1.57. The van der Waals surface area contributed by atoms with Crippen molar-refractivity contribution < 1.29 is 4.74 Å². The van der Waals surface area contributed by atoms with Gasteiger partial charge in [0.05, 0.1) is 6.61 Å². The van der Waals surface area contributed by atoms with Crippen LogP contribution in [0.5, 0.6) is 0 Å². The van der Waals surface area contributed by atoms with E-state index in [4.69, 9.17) is 9.73 Å². The van der Waals surface area contributed by atoms with Crippen molar-refractivity contribution in [3.05, 3.63) is 11.6 Å². The third-order valence-electron chi connectivity index (χ3n) is 4.03. The summed E-state index contributed by atoms with van der Waals surface area (Å²) in [4.78, 5) is 7.04. The third kappa shape index (κ3) is 5.59. The first kappa shape index (κ1) is 20.1. The van der Waals surface area contributed by atoms with Gasteiger partial charge in [-0.15, -0.1) is 34.2 Å². The Bertz CT molecular complexity index is 504. The first-order valence-corrected chi connectivity index (χ1v) is 8.11. The molecule has 7 nitrogen and oxygen atoms in total. The molecule has 0 spiro atoms. The Balaban J connectivity index is 0.00000264. The first-order chi connectivity index (χ1) is 10.7. The van der Waals surface area contributed by atoms with Crippen LogP contribution in [0.1, 0.15) is 31.9 Å². The molecule has 0 saturated carbocycles. The fourth-order valence-corrected chi connectivity index (χ4v) is 2.61. The summed E-state index contributed by atoms with van der Waals surface area (Å²) in [6, 6.07) is 0. The van der Waals surface area contributed by atoms with Crippen LogP contribution in [0.3, 0.4) is 0 Å². The Morgan fingerprint density at radius 1 is 1.39 bits per heavy atom. The van der Waals surface area contributed by atoms with E-state index in [2.05, 4.69) is 27.3 Å². The molecule has 1 unspecified atom stereocenters. The molecule has 1 aromatic rings. The van der Waals surface area contributed by atoms with Gasteiger partial charge in [0.2, 0.25) is 0 Å². The summed E-state index contributed by atoms with van der Waals surface area (Å²) in [5.74, 6) is 3.36. The zero-order chi connectivity index (χ0) is 15.9. The van der Waals surface area contributed by atoms with Gasteiger partial charge in [-0.3, -0.25) is 0 Å². The highest BCUT2D eigenvalue weighted by atomic mass is 127. The van der Waals surface area contributed by atoms with Crippen LogP contribution < -0.4 is 5.32 Å². The molecular formula is C15H29IN6O. The second-order valence-corrected chi connectivity index (χ2v) is 5.65. The molecule has 0 bridgehead atoms. The molecule has 0 aromatic carbocycles. The van der Waals surface area contributed by atoms with Gasteiger partial charge in [0.1, 0.15) is 12.4 Å². The minimum absolute atomic E-state index is 0. The van der Waals surface area contributed by atoms with Gasteiger partial charge in [0.15, 0.2) is 11.8 Å². The standard InChI is InChI=1S/C15H28N6O.HI/c1-5-16-15(17-9-14-19-18-12(3)20(14)4)21-8-7-13(10-21)11-22-6-2;/h13H,5-11H2,1-4H3,(H,16,17);1H. The molecule has 0 amide bonds. The molecule has 1 aliphatic heterocycles. The number of hydrogen-bond donors (Lipinski definition) is 1. The Hall–Kier alpha value is -0.900. The van der Waals surface area contributed by atoms with E-state index in [0.29, 0.717) is 12.5 Å². The Labute approximate surface area is 155 Å². The quantitative estimate of drug-likeness (QED) is 0.417. The van der Waals surface area contributed by atoms with Crippen LogP contribution >= 0.6 is 24.0 Å². The van der Waals surface area contributed by atoms with Crippen molar-refractivity contribution in [2.45, 2.75) is 33.7 Å². The molecule has 8 heteroatoms. The summed E-state index contributed by atoms with van der Waals surface area (Å²) in [5.41, 5.74) is 0. The average molecular weight is 436 g/mol. The maximum atomic E-state index is 5.54. The summed E-state index contributed by atoms with van der Waals surface area (Å²) in [6.45, 7) is 11.2. The van der Waals surface area contributed by atoms with Gasteiger partial charge in [0.25, 0.3) is 0 Å². The molecule has 0 radical (unpaired) electrons. The van der Waals surface area contributed by atoms with Crippen molar-refractivity contribution in [3.8, 4) is 0 Å². The number of halogens is 1. The van der Waals surface area contributed by atoms with Crippen molar-refractivity contribution in [1.82, 2.24) is 25.0 Å². The van der Waals surface area contributed by atoms with Crippen LogP contribution in [0.25, 0.3) is 0 Å². The van der Waals surface area contributed by atoms with Gasteiger partial charge >= 0.3 is 0 Å². The van der Waals surface area contributed by atoms with Crippen LogP contribution in [0, 0.1) is 12.8 Å². The number of rotatable bonds is 6. The molecule has 1 N–H and O–H groups in total. The largest absolute Gasteiger partial charge is 0.381 e. The zero-order valence-corrected chi connectivity index (χ0v) is 16.9. The van der Waals surface area contributed by atoms with Crippen molar-refractivity contribution in [1.29, 1.82) is 0 Å². The van der Waals surface area contributed by atoms with E-state index in [1.165, 1.54) is 0 Å². The lowest BCUT2D eigenvalue weighted by Crippen LogP contribution is -2.40. The third-order valence-corrected chi connectivity index (χ3v) is 4.03. The van der Waals surface area contributed by atoms with Gasteiger partial charge in [-0.1, -0.05) is 0 Å². The van der Waals surface area contributed by atoms with Crippen LogP contribution in [0.4, 0.5) is 0 Å². The number of ether oxygens (including phenoxy) is 1. The second-order valence-electron chi connectivity index (χ2n) is 5.65. The summed E-state index contributed by atoms with van der Waals surface area (Å²) in [7, 11) is 1.97.